The van der Waals surface area contributed by atoms with E-state index in [0.717, 1.165) is 55.5 Å². The zero-order chi connectivity index (χ0) is 29.1. The summed E-state index contributed by atoms with van der Waals surface area (Å²) in [6, 6.07) is 6.05. The number of aromatic nitrogens is 3. The lowest BCUT2D eigenvalue weighted by Gasteiger charge is -2.17. The molecule has 1 saturated carbocycles. The van der Waals surface area contributed by atoms with Gasteiger partial charge in [0.05, 0.1) is 10.4 Å². The van der Waals surface area contributed by atoms with E-state index >= 15 is 0 Å². The lowest BCUT2D eigenvalue weighted by Crippen LogP contribution is -2.16. The van der Waals surface area contributed by atoms with Gasteiger partial charge in [0.15, 0.2) is 0 Å². The van der Waals surface area contributed by atoms with Crippen molar-refractivity contribution >= 4 is 22.4 Å². The van der Waals surface area contributed by atoms with Crippen LogP contribution in [0.2, 0.25) is 0 Å². The van der Waals surface area contributed by atoms with Crippen molar-refractivity contribution in [3.63, 3.8) is 0 Å². The maximum absolute atomic E-state index is 6.44. The number of nitrogens with two attached hydrogens (primary N) is 1. The van der Waals surface area contributed by atoms with Crippen LogP contribution in [0.25, 0.3) is 21.6 Å². The Hall–Kier alpha value is -4.34. The Morgan fingerprint density at radius 3 is 2.55 bits per heavy atom. The summed E-state index contributed by atoms with van der Waals surface area (Å²) in [6.07, 6.45) is 25.2. The lowest BCUT2D eigenvalue weighted by molar-refractivity contribution is 0.607. The molecule has 4 rings (SSSR count). The SMILES string of the molecule is C#C.C=C/C(=C\C(=C/C)C(=C)/C=C(Cc1nc2c(-c3cccs3)nccc2[nH]1)\C(N)=C/C)NC(=C)C1CCCC1. The molecule has 0 amide bonds. The summed E-state index contributed by atoms with van der Waals surface area (Å²) in [5.41, 5.74) is 14.6. The largest absolute Gasteiger partial charge is 0.399 e. The van der Waals surface area contributed by atoms with Crippen molar-refractivity contribution in [2.75, 3.05) is 0 Å². The highest BCUT2D eigenvalue weighted by atomic mass is 32.1. The average molecular weight is 550 g/mol. The quantitative estimate of drug-likeness (QED) is 0.167. The van der Waals surface area contributed by atoms with E-state index in [4.69, 9.17) is 10.7 Å². The van der Waals surface area contributed by atoms with Gasteiger partial charge in [-0.25, -0.2) is 4.98 Å². The van der Waals surface area contributed by atoms with Crippen LogP contribution in [-0.4, -0.2) is 15.0 Å². The third-order valence-corrected chi connectivity index (χ3v) is 7.83. The third kappa shape index (κ3) is 7.40. The summed E-state index contributed by atoms with van der Waals surface area (Å²) < 4.78 is 0. The van der Waals surface area contributed by atoms with E-state index in [0.29, 0.717) is 18.0 Å². The van der Waals surface area contributed by atoms with Gasteiger partial charge in [-0.05, 0) is 85.1 Å². The van der Waals surface area contributed by atoms with Crippen LogP contribution in [0.5, 0.6) is 0 Å². The molecule has 3 aromatic rings. The zero-order valence-corrected chi connectivity index (χ0v) is 24.4. The first kappa shape index (κ1) is 30.2. The number of nitrogens with zero attached hydrogens (tertiary/aromatic N) is 2. The second-order valence-corrected chi connectivity index (χ2v) is 10.5. The summed E-state index contributed by atoms with van der Waals surface area (Å²) in [5.74, 6) is 1.35. The summed E-state index contributed by atoms with van der Waals surface area (Å²) in [6.45, 7) is 16.6. The van der Waals surface area contributed by atoms with E-state index in [-0.39, 0.29) is 0 Å². The Balaban J connectivity index is 0.00000216. The smallest absolute Gasteiger partial charge is 0.116 e. The van der Waals surface area contributed by atoms with Gasteiger partial charge in [0.1, 0.15) is 17.0 Å². The highest BCUT2D eigenvalue weighted by Gasteiger charge is 2.18. The second kappa shape index (κ2) is 14.7. The molecule has 0 atom stereocenters. The molecule has 3 aromatic heterocycles. The van der Waals surface area contributed by atoms with E-state index in [1.165, 1.54) is 25.7 Å². The molecule has 0 aliphatic heterocycles. The number of terminal acetylenes is 1. The number of hydrogen-bond donors (Lipinski definition) is 3. The van der Waals surface area contributed by atoms with Gasteiger partial charge in [-0.2, -0.15) is 0 Å². The fraction of sp³-hybridized carbons (Fsp3) is 0.235. The minimum Gasteiger partial charge on any atom is -0.399 e. The maximum atomic E-state index is 6.44. The molecule has 0 unspecified atom stereocenters. The molecular weight excluding hydrogens is 510 g/mol. The number of aromatic amines is 1. The van der Waals surface area contributed by atoms with Crippen molar-refractivity contribution in [1.29, 1.82) is 0 Å². The van der Waals surface area contributed by atoms with E-state index < -0.39 is 0 Å². The van der Waals surface area contributed by atoms with Gasteiger partial charge in [0.25, 0.3) is 0 Å². The van der Waals surface area contributed by atoms with Crippen molar-refractivity contribution < 1.29 is 0 Å². The molecule has 206 valence electrons. The second-order valence-electron chi connectivity index (χ2n) is 9.51. The molecule has 0 aromatic carbocycles. The van der Waals surface area contributed by atoms with Crippen LogP contribution in [0.1, 0.15) is 45.4 Å². The Morgan fingerprint density at radius 1 is 1.18 bits per heavy atom. The molecule has 5 nitrogen and oxygen atoms in total. The predicted octanol–water partition coefficient (Wildman–Crippen LogP) is 8.13. The third-order valence-electron chi connectivity index (χ3n) is 6.96. The Morgan fingerprint density at radius 2 is 1.93 bits per heavy atom. The first-order valence-electron chi connectivity index (χ1n) is 13.4. The standard InChI is InChI=1S/C32H37N5S.C2H2/c1-6-23(19-26(7-2)35-22(5)24-12-9-10-13-24)21(4)18-25(27(33)8-3)20-30-36-28-15-16-34-32(31(28)37-30)29-14-11-17-38-29;1-2/h6-8,11,14-19,24,35H,2,4-5,9-10,12-13,20,33H2,1,3H3,(H,36,37);1-2H/b23-6+,25-18-,26-19+,27-8+;. The Labute approximate surface area is 242 Å². The molecule has 40 heavy (non-hydrogen) atoms. The monoisotopic (exact) mass is 549 g/mol. The number of H-pyrrole nitrogens is 1. The number of nitrogens with one attached hydrogen (secondary N) is 2. The molecule has 4 N–H and O–H groups in total. The molecule has 1 aliphatic rings. The van der Waals surface area contributed by atoms with Crippen molar-refractivity contribution in [3.05, 3.63) is 120 Å². The Kier molecular flexibility index (Phi) is 11.1. The minimum absolute atomic E-state index is 0.524. The highest BCUT2D eigenvalue weighted by molar-refractivity contribution is 7.13. The maximum Gasteiger partial charge on any atom is 0.116 e. The number of allylic oxidation sites excluding steroid dienone is 9. The molecule has 3 heterocycles. The first-order valence-corrected chi connectivity index (χ1v) is 14.3. The molecule has 6 heteroatoms. The van der Waals surface area contributed by atoms with Gasteiger partial charge in [-0.15, -0.1) is 24.2 Å². The number of fused-ring (bicyclic) bond motifs is 1. The van der Waals surface area contributed by atoms with Crippen LogP contribution in [0.15, 0.2) is 114 Å². The Bertz CT molecular complexity index is 1490. The number of hydrogen-bond acceptors (Lipinski definition) is 5. The van der Waals surface area contributed by atoms with Gasteiger partial charge in [-0.1, -0.05) is 50.8 Å². The van der Waals surface area contributed by atoms with Crippen LogP contribution >= 0.6 is 11.3 Å². The zero-order valence-electron chi connectivity index (χ0n) is 23.5. The predicted molar refractivity (Wildman–Crippen MR) is 172 cm³/mol. The van der Waals surface area contributed by atoms with E-state index in [9.17, 15) is 0 Å². The van der Waals surface area contributed by atoms with Crippen molar-refractivity contribution in [3.8, 4) is 23.4 Å². The van der Waals surface area contributed by atoms with Crippen LogP contribution < -0.4 is 11.1 Å². The van der Waals surface area contributed by atoms with E-state index in [1.807, 2.05) is 61.9 Å². The summed E-state index contributed by atoms with van der Waals surface area (Å²) in [5, 5.41) is 5.53. The van der Waals surface area contributed by atoms with Crippen LogP contribution in [-0.2, 0) is 6.42 Å². The molecule has 1 fully saturated rings. The summed E-state index contributed by atoms with van der Waals surface area (Å²) in [4.78, 5) is 14.0. The average Bonchev–Trinajstić information content (AvgIpc) is 3.77. The normalized spacial score (nSPS) is 15.0. The van der Waals surface area contributed by atoms with E-state index in [1.54, 1.807) is 11.3 Å². The van der Waals surface area contributed by atoms with Gasteiger partial charge in [0.2, 0.25) is 0 Å². The van der Waals surface area contributed by atoms with Gasteiger partial charge < -0.3 is 16.0 Å². The molecule has 1 aliphatic carbocycles. The molecule has 0 saturated heterocycles. The van der Waals surface area contributed by atoms with Crippen molar-refractivity contribution in [1.82, 2.24) is 20.3 Å². The minimum atomic E-state index is 0.524. The van der Waals surface area contributed by atoms with Gasteiger partial charge >= 0.3 is 0 Å². The number of thiophene rings is 1. The molecule has 0 bridgehead atoms. The topological polar surface area (TPSA) is 79.6 Å². The summed E-state index contributed by atoms with van der Waals surface area (Å²) >= 11 is 1.66. The van der Waals surface area contributed by atoms with Crippen LogP contribution in [0.3, 0.4) is 0 Å². The number of rotatable bonds is 11. The fourth-order valence-corrected chi connectivity index (χ4v) is 5.52. The molecular formula is C34H39N5S. The molecule has 0 radical (unpaired) electrons. The highest BCUT2D eigenvalue weighted by Crippen LogP contribution is 2.31. The number of pyridine rings is 1. The summed E-state index contributed by atoms with van der Waals surface area (Å²) in [7, 11) is 0. The molecule has 0 spiro atoms. The lowest BCUT2D eigenvalue weighted by atomic mass is 9.99. The van der Waals surface area contributed by atoms with Crippen LogP contribution in [0, 0.1) is 18.8 Å². The first-order chi connectivity index (χ1) is 19.4. The number of imidazole rings is 1. The van der Waals surface area contributed by atoms with Crippen molar-refractivity contribution in [2.24, 2.45) is 11.7 Å². The van der Waals surface area contributed by atoms with Gasteiger partial charge in [-0.3, -0.25) is 4.98 Å². The van der Waals surface area contributed by atoms with Gasteiger partial charge in [0, 0.05) is 29.7 Å². The van der Waals surface area contributed by atoms with Crippen molar-refractivity contribution in [2.45, 2.75) is 46.0 Å². The van der Waals surface area contributed by atoms with E-state index in [2.05, 4.69) is 60.0 Å². The fourth-order valence-electron chi connectivity index (χ4n) is 4.80. The van der Waals surface area contributed by atoms with Crippen LogP contribution in [0.4, 0.5) is 0 Å².